The van der Waals surface area contributed by atoms with Crippen LogP contribution in [0.5, 0.6) is 0 Å². The molecule has 4 heteroatoms. The average Bonchev–Trinajstić information content (AvgIpc) is 1.98. The molecule has 0 aliphatic heterocycles. The fourth-order valence-electron chi connectivity index (χ4n) is 0.683. The first kappa shape index (κ1) is 8.27. The van der Waals surface area contributed by atoms with Crippen LogP contribution in [0.25, 0.3) is 0 Å². The Hall–Kier alpha value is -0.830. The molecule has 1 nitrogen and oxygen atoms in total. The lowest BCUT2D eigenvalue weighted by Crippen LogP contribution is -1.95. The van der Waals surface area contributed by atoms with Gasteiger partial charge >= 0.3 is 0 Å². The van der Waals surface area contributed by atoms with Gasteiger partial charge in [-0.15, -0.1) is 11.6 Å². The summed E-state index contributed by atoms with van der Waals surface area (Å²) in [7, 11) is 0. The molecular weight excluding hydrogens is 172 g/mol. The van der Waals surface area contributed by atoms with E-state index in [2.05, 4.69) is 5.32 Å². The highest BCUT2D eigenvalue weighted by molar-refractivity contribution is 6.18. The Kier molecular flexibility index (Phi) is 2.65. The van der Waals surface area contributed by atoms with E-state index in [1.807, 2.05) is 0 Å². The molecule has 1 aromatic rings. The number of rotatable bonds is 2. The van der Waals surface area contributed by atoms with E-state index in [-0.39, 0.29) is 6.00 Å². The van der Waals surface area contributed by atoms with Crippen molar-refractivity contribution in [1.82, 2.24) is 0 Å². The summed E-state index contributed by atoms with van der Waals surface area (Å²) in [6, 6.07) is 3.69. The van der Waals surface area contributed by atoms with Gasteiger partial charge in [0.2, 0.25) is 0 Å². The maximum absolute atomic E-state index is 12.4. The van der Waals surface area contributed by atoms with Crippen LogP contribution in [0.3, 0.4) is 0 Å². The number of hydrogen-bond acceptors (Lipinski definition) is 1. The molecule has 0 fully saturated rings. The first-order chi connectivity index (χ1) is 5.24. The summed E-state index contributed by atoms with van der Waals surface area (Å²) in [6.45, 7) is 0. The minimum absolute atomic E-state index is 0.172. The van der Waals surface area contributed by atoms with Crippen LogP contribution in [0.2, 0.25) is 0 Å². The van der Waals surface area contributed by atoms with Gasteiger partial charge in [-0.3, -0.25) is 0 Å². The summed E-state index contributed by atoms with van der Waals surface area (Å²) in [5, 5.41) is 2.63. The largest absolute Gasteiger partial charge is 0.372 e. The number of hydrogen-bond donors (Lipinski definition) is 1. The molecule has 0 saturated heterocycles. The van der Waals surface area contributed by atoms with Gasteiger partial charge in [-0.1, -0.05) is 0 Å². The molecule has 0 aromatic heterocycles. The van der Waals surface area contributed by atoms with Gasteiger partial charge in [-0.05, 0) is 12.1 Å². The predicted octanol–water partition coefficient (Wildman–Crippen LogP) is 2.57. The van der Waals surface area contributed by atoms with E-state index in [0.717, 1.165) is 12.1 Å². The second kappa shape index (κ2) is 3.53. The normalized spacial score (nSPS) is 9.73. The molecule has 60 valence electrons. The van der Waals surface area contributed by atoms with Gasteiger partial charge in [0.1, 0.15) is 0 Å². The Bertz CT molecular complexity index is 252. The lowest BCUT2D eigenvalue weighted by molar-refractivity contribution is 0.509. The molecule has 1 N–H and O–H groups in total. The standard InChI is InChI=1S/C7H6ClF2N/c8-4-11-5-1-2-6(9)7(10)3-5/h1-3,11H,4H2. The molecule has 11 heavy (non-hydrogen) atoms. The highest BCUT2D eigenvalue weighted by Gasteiger charge is 2.00. The Balaban J connectivity index is 2.86. The van der Waals surface area contributed by atoms with Crippen molar-refractivity contribution in [2.75, 3.05) is 11.3 Å². The maximum Gasteiger partial charge on any atom is 0.160 e. The third-order valence-electron chi connectivity index (χ3n) is 1.19. The Labute approximate surface area is 68.0 Å². The molecule has 0 spiro atoms. The third-order valence-corrected chi connectivity index (χ3v) is 1.32. The first-order valence-electron chi connectivity index (χ1n) is 2.99. The van der Waals surface area contributed by atoms with Gasteiger partial charge in [0.25, 0.3) is 0 Å². The summed E-state index contributed by atoms with van der Waals surface area (Å²) in [4.78, 5) is 0. The molecule has 0 amide bonds. The summed E-state index contributed by atoms with van der Waals surface area (Å²) >= 11 is 5.30. The summed E-state index contributed by atoms with van der Waals surface area (Å²) < 4.78 is 24.7. The maximum atomic E-state index is 12.4. The molecular formula is C7H6ClF2N. The van der Waals surface area contributed by atoms with Crippen LogP contribution >= 0.6 is 11.6 Å². The zero-order valence-corrected chi connectivity index (χ0v) is 6.33. The average molecular weight is 178 g/mol. The first-order valence-corrected chi connectivity index (χ1v) is 3.52. The predicted molar refractivity (Wildman–Crippen MR) is 40.7 cm³/mol. The van der Waals surface area contributed by atoms with E-state index in [1.165, 1.54) is 6.07 Å². The summed E-state index contributed by atoms with van der Waals surface area (Å²) in [5.41, 5.74) is 0.471. The van der Waals surface area contributed by atoms with Crippen molar-refractivity contribution in [3.8, 4) is 0 Å². The molecule has 0 saturated carbocycles. The van der Waals surface area contributed by atoms with E-state index in [9.17, 15) is 8.78 Å². The quantitative estimate of drug-likeness (QED) is 0.541. The lowest BCUT2D eigenvalue weighted by Gasteiger charge is -2.00. The second-order valence-electron chi connectivity index (χ2n) is 1.94. The summed E-state index contributed by atoms with van der Waals surface area (Å²) in [6.07, 6.45) is 0. The van der Waals surface area contributed by atoms with Crippen molar-refractivity contribution < 1.29 is 8.78 Å². The highest BCUT2D eigenvalue weighted by atomic mass is 35.5. The van der Waals surface area contributed by atoms with Gasteiger partial charge in [0, 0.05) is 11.8 Å². The van der Waals surface area contributed by atoms with Gasteiger partial charge in [-0.2, -0.15) is 0 Å². The van der Waals surface area contributed by atoms with Crippen LogP contribution < -0.4 is 5.32 Å². The zero-order valence-electron chi connectivity index (χ0n) is 5.57. The SMILES string of the molecule is Fc1ccc(NCCl)cc1F. The van der Waals surface area contributed by atoms with E-state index in [0.29, 0.717) is 5.69 Å². The molecule has 0 heterocycles. The van der Waals surface area contributed by atoms with Crippen molar-refractivity contribution in [2.24, 2.45) is 0 Å². The topological polar surface area (TPSA) is 12.0 Å². The lowest BCUT2D eigenvalue weighted by atomic mass is 10.3. The Morgan fingerprint density at radius 3 is 2.55 bits per heavy atom. The van der Waals surface area contributed by atoms with E-state index < -0.39 is 11.6 Å². The minimum Gasteiger partial charge on any atom is -0.372 e. The molecule has 0 radical (unpaired) electrons. The van der Waals surface area contributed by atoms with E-state index >= 15 is 0 Å². The number of halogens is 3. The third kappa shape index (κ3) is 2.05. The number of alkyl halides is 1. The fourth-order valence-corrected chi connectivity index (χ4v) is 0.838. The van der Waals surface area contributed by atoms with E-state index in [4.69, 9.17) is 11.6 Å². The summed E-state index contributed by atoms with van der Waals surface area (Å²) in [5.74, 6) is -1.73. The van der Waals surface area contributed by atoms with Crippen molar-refractivity contribution in [2.45, 2.75) is 0 Å². The molecule has 0 aliphatic rings. The van der Waals surface area contributed by atoms with Gasteiger partial charge in [-0.25, -0.2) is 8.78 Å². The number of benzene rings is 1. The Morgan fingerprint density at radius 1 is 1.27 bits per heavy atom. The molecule has 0 unspecified atom stereocenters. The van der Waals surface area contributed by atoms with Crippen molar-refractivity contribution in [1.29, 1.82) is 0 Å². The van der Waals surface area contributed by atoms with Crippen molar-refractivity contribution in [3.63, 3.8) is 0 Å². The monoisotopic (exact) mass is 177 g/mol. The van der Waals surface area contributed by atoms with Crippen LogP contribution in [-0.2, 0) is 0 Å². The number of anilines is 1. The second-order valence-corrected chi connectivity index (χ2v) is 2.21. The van der Waals surface area contributed by atoms with Crippen molar-refractivity contribution >= 4 is 17.3 Å². The number of nitrogens with one attached hydrogen (secondary N) is 1. The van der Waals surface area contributed by atoms with Crippen LogP contribution in [0.1, 0.15) is 0 Å². The minimum atomic E-state index is -0.875. The molecule has 0 atom stereocenters. The van der Waals surface area contributed by atoms with Gasteiger partial charge < -0.3 is 5.32 Å². The smallest absolute Gasteiger partial charge is 0.160 e. The zero-order chi connectivity index (χ0) is 8.27. The fraction of sp³-hybridized carbons (Fsp3) is 0.143. The van der Waals surface area contributed by atoms with Gasteiger partial charge in [0.15, 0.2) is 11.6 Å². The molecule has 0 aliphatic carbocycles. The van der Waals surface area contributed by atoms with E-state index in [1.54, 1.807) is 0 Å². The molecule has 0 bridgehead atoms. The van der Waals surface area contributed by atoms with Crippen LogP contribution in [0.15, 0.2) is 18.2 Å². The highest BCUT2D eigenvalue weighted by Crippen LogP contribution is 2.12. The van der Waals surface area contributed by atoms with Gasteiger partial charge in [0.05, 0.1) is 6.00 Å². The van der Waals surface area contributed by atoms with Crippen LogP contribution in [0, 0.1) is 11.6 Å². The van der Waals surface area contributed by atoms with Crippen molar-refractivity contribution in [3.05, 3.63) is 29.8 Å². The Morgan fingerprint density at radius 2 is 2.00 bits per heavy atom. The molecule has 1 rings (SSSR count). The van der Waals surface area contributed by atoms with Crippen LogP contribution in [0.4, 0.5) is 14.5 Å². The molecule has 1 aromatic carbocycles. The van der Waals surface area contributed by atoms with Crippen LogP contribution in [-0.4, -0.2) is 6.00 Å².